The third-order valence-corrected chi connectivity index (χ3v) is 3.55. The smallest absolute Gasteiger partial charge is 0.260 e. The van der Waals surface area contributed by atoms with E-state index in [0.717, 1.165) is 32.1 Å². The van der Waals surface area contributed by atoms with Crippen molar-refractivity contribution in [1.29, 1.82) is 0 Å². The molecule has 0 bridgehead atoms. The maximum Gasteiger partial charge on any atom is 0.260 e. The Morgan fingerprint density at radius 2 is 1.48 bits per heavy atom. The lowest BCUT2D eigenvalue weighted by molar-refractivity contribution is 0.282. The molecular formula is C16H28N2O3. The molecule has 0 aliphatic heterocycles. The molecular weight excluding hydrogens is 268 g/mol. The number of ether oxygens (including phenoxy) is 1. The van der Waals surface area contributed by atoms with Crippen molar-refractivity contribution in [2.45, 2.75) is 64.7 Å². The van der Waals surface area contributed by atoms with Crippen LogP contribution >= 0.6 is 0 Å². The van der Waals surface area contributed by atoms with E-state index >= 15 is 0 Å². The minimum Gasteiger partial charge on any atom is -0.502 e. The van der Waals surface area contributed by atoms with E-state index in [2.05, 4.69) is 9.97 Å². The van der Waals surface area contributed by atoms with Gasteiger partial charge < -0.3 is 14.9 Å². The summed E-state index contributed by atoms with van der Waals surface area (Å²) in [4.78, 5) is 8.33. The van der Waals surface area contributed by atoms with Gasteiger partial charge in [0.05, 0.1) is 12.8 Å². The summed E-state index contributed by atoms with van der Waals surface area (Å²) in [6.45, 7) is 2.11. The number of hydrogen-bond acceptors (Lipinski definition) is 5. The summed E-state index contributed by atoms with van der Waals surface area (Å²) in [5.74, 6) is 0.969. The molecule has 1 heterocycles. The van der Waals surface area contributed by atoms with E-state index < -0.39 is 0 Å². The molecule has 1 rings (SSSR count). The molecule has 0 spiro atoms. The molecule has 2 N–H and O–H groups in total. The number of aryl methyl sites for hydroxylation is 2. The molecule has 0 radical (unpaired) electrons. The first kappa shape index (κ1) is 17.7. The number of aromatic nitrogens is 2. The van der Waals surface area contributed by atoms with Crippen molar-refractivity contribution < 1.29 is 14.9 Å². The van der Waals surface area contributed by atoms with Gasteiger partial charge in [0.25, 0.3) is 5.88 Å². The fraction of sp³-hybridized carbons (Fsp3) is 0.750. The molecule has 0 aliphatic rings. The second-order valence-corrected chi connectivity index (χ2v) is 5.38. The standard InChI is InChI=1S/C16H28N2O3/c1-13-17-14(15(20)16(18-13)21-2)11-9-7-5-3-4-6-8-10-12-19/h19-20H,3-12H2,1-2H3. The maximum atomic E-state index is 9.97. The lowest BCUT2D eigenvalue weighted by Crippen LogP contribution is -2.00. The number of rotatable bonds is 11. The van der Waals surface area contributed by atoms with E-state index in [1.165, 1.54) is 32.8 Å². The Morgan fingerprint density at radius 3 is 2.05 bits per heavy atom. The van der Waals surface area contributed by atoms with Gasteiger partial charge in [-0.25, -0.2) is 4.98 Å². The highest BCUT2D eigenvalue weighted by Crippen LogP contribution is 2.27. The van der Waals surface area contributed by atoms with Crippen LogP contribution < -0.4 is 4.74 Å². The van der Waals surface area contributed by atoms with E-state index in [1.54, 1.807) is 6.92 Å². The molecule has 5 heteroatoms. The normalized spacial score (nSPS) is 10.8. The molecule has 0 saturated carbocycles. The molecule has 1 aromatic heterocycles. The fourth-order valence-corrected chi connectivity index (χ4v) is 2.38. The van der Waals surface area contributed by atoms with E-state index in [9.17, 15) is 5.11 Å². The van der Waals surface area contributed by atoms with Crippen LogP contribution in [-0.2, 0) is 6.42 Å². The van der Waals surface area contributed by atoms with Gasteiger partial charge in [-0.15, -0.1) is 0 Å². The lowest BCUT2D eigenvalue weighted by atomic mass is 10.1. The number of aromatic hydroxyl groups is 1. The van der Waals surface area contributed by atoms with Crippen LogP contribution in [0.1, 0.15) is 62.9 Å². The predicted molar refractivity (Wildman–Crippen MR) is 82.7 cm³/mol. The van der Waals surface area contributed by atoms with Gasteiger partial charge in [-0.2, -0.15) is 4.98 Å². The Balaban J connectivity index is 2.20. The Hall–Kier alpha value is -1.36. The highest BCUT2D eigenvalue weighted by molar-refractivity contribution is 5.36. The van der Waals surface area contributed by atoms with Gasteiger partial charge in [0.2, 0.25) is 5.75 Å². The van der Waals surface area contributed by atoms with Gasteiger partial charge in [-0.05, 0) is 26.2 Å². The maximum absolute atomic E-state index is 9.97. The van der Waals surface area contributed by atoms with Crippen LogP contribution in [0.5, 0.6) is 11.6 Å². The van der Waals surface area contributed by atoms with Gasteiger partial charge in [-0.3, -0.25) is 0 Å². The van der Waals surface area contributed by atoms with Crippen molar-refractivity contribution >= 4 is 0 Å². The van der Waals surface area contributed by atoms with Crippen LogP contribution in [0.2, 0.25) is 0 Å². The van der Waals surface area contributed by atoms with Crippen LogP contribution in [-0.4, -0.2) is 33.9 Å². The van der Waals surface area contributed by atoms with Crippen molar-refractivity contribution in [3.8, 4) is 11.6 Å². The summed E-state index contributed by atoms with van der Waals surface area (Å²) in [5.41, 5.74) is 0.683. The molecule has 0 fully saturated rings. The van der Waals surface area contributed by atoms with Gasteiger partial charge in [0, 0.05) is 6.61 Å². The highest BCUT2D eigenvalue weighted by Gasteiger charge is 2.11. The van der Waals surface area contributed by atoms with E-state index in [4.69, 9.17) is 9.84 Å². The highest BCUT2D eigenvalue weighted by atomic mass is 16.5. The number of aliphatic hydroxyl groups excluding tert-OH is 1. The van der Waals surface area contributed by atoms with Gasteiger partial charge in [0.15, 0.2) is 0 Å². The number of methoxy groups -OCH3 is 1. The first-order valence-corrected chi connectivity index (χ1v) is 7.90. The molecule has 0 amide bonds. The topological polar surface area (TPSA) is 75.5 Å². The SMILES string of the molecule is COc1nc(C)nc(CCCCCCCCCCO)c1O. The first-order valence-electron chi connectivity index (χ1n) is 7.90. The number of aliphatic hydroxyl groups is 1. The van der Waals surface area contributed by atoms with Crippen LogP contribution in [0.15, 0.2) is 0 Å². The molecule has 0 atom stereocenters. The summed E-state index contributed by atoms with van der Waals surface area (Å²) in [6, 6.07) is 0. The number of unbranched alkanes of at least 4 members (excludes halogenated alkanes) is 7. The van der Waals surface area contributed by atoms with E-state index in [-0.39, 0.29) is 11.6 Å². The zero-order valence-electron chi connectivity index (χ0n) is 13.3. The third-order valence-electron chi connectivity index (χ3n) is 3.55. The molecule has 0 aromatic carbocycles. The molecule has 5 nitrogen and oxygen atoms in total. The van der Waals surface area contributed by atoms with Crippen LogP contribution in [0.4, 0.5) is 0 Å². The fourth-order valence-electron chi connectivity index (χ4n) is 2.38. The summed E-state index contributed by atoms with van der Waals surface area (Å²) < 4.78 is 5.04. The Morgan fingerprint density at radius 1 is 0.905 bits per heavy atom. The average Bonchev–Trinajstić information content (AvgIpc) is 2.48. The molecule has 0 unspecified atom stereocenters. The largest absolute Gasteiger partial charge is 0.502 e. The Kier molecular flexibility index (Phi) is 8.74. The molecule has 0 aliphatic carbocycles. The zero-order chi connectivity index (χ0) is 15.5. The number of hydrogen-bond donors (Lipinski definition) is 2. The van der Waals surface area contributed by atoms with Gasteiger partial charge in [0.1, 0.15) is 5.82 Å². The van der Waals surface area contributed by atoms with Gasteiger partial charge >= 0.3 is 0 Å². The lowest BCUT2D eigenvalue weighted by Gasteiger charge is -2.08. The summed E-state index contributed by atoms with van der Waals surface area (Å²) >= 11 is 0. The van der Waals surface area contributed by atoms with Crippen LogP contribution in [0.25, 0.3) is 0 Å². The average molecular weight is 296 g/mol. The van der Waals surface area contributed by atoms with Crippen molar-refractivity contribution in [3.05, 3.63) is 11.5 Å². The van der Waals surface area contributed by atoms with Crippen LogP contribution in [0, 0.1) is 6.92 Å². The van der Waals surface area contributed by atoms with Crippen LogP contribution in [0.3, 0.4) is 0 Å². The molecule has 21 heavy (non-hydrogen) atoms. The second-order valence-electron chi connectivity index (χ2n) is 5.38. The number of nitrogens with zero attached hydrogens (tertiary/aromatic N) is 2. The predicted octanol–water partition coefficient (Wildman–Crippen LogP) is 3.15. The summed E-state index contributed by atoms with van der Waals surface area (Å²) in [5, 5.41) is 18.7. The van der Waals surface area contributed by atoms with Crippen molar-refractivity contribution in [1.82, 2.24) is 9.97 Å². The van der Waals surface area contributed by atoms with Crippen molar-refractivity contribution in [3.63, 3.8) is 0 Å². The minimum atomic E-state index is 0.0760. The molecule has 120 valence electrons. The van der Waals surface area contributed by atoms with Crippen molar-refractivity contribution in [2.24, 2.45) is 0 Å². The summed E-state index contributed by atoms with van der Waals surface area (Å²) in [6.07, 6.45) is 9.88. The third kappa shape index (κ3) is 6.76. The quantitative estimate of drug-likeness (QED) is 0.613. The van der Waals surface area contributed by atoms with E-state index in [1.807, 2.05) is 0 Å². The van der Waals surface area contributed by atoms with Gasteiger partial charge in [-0.1, -0.05) is 38.5 Å². The Bertz CT molecular complexity index is 411. The second kappa shape index (κ2) is 10.4. The monoisotopic (exact) mass is 296 g/mol. The Labute approximate surface area is 127 Å². The molecule has 1 aromatic rings. The first-order chi connectivity index (χ1) is 10.2. The zero-order valence-corrected chi connectivity index (χ0v) is 13.3. The summed E-state index contributed by atoms with van der Waals surface area (Å²) in [7, 11) is 1.50. The van der Waals surface area contributed by atoms with Crippen molar-refractivity contribution in [2.75, 3.05) is 13.7 Å². The van der Waals surface area contributed by atoms with E-state index in [0.29, 0.717) is 18.1 Å². The minimum absolute atomic E-state index is 0.0760. The molecule has 0 saturated heterocycles.